The van der Waals surface area contributed by atoms with E-state index in [-0.39, 0.29) is 0 Å². The van der Waals surface area contributed by atoms with E-state index in [9.17, 15) is 0 Å². The predicted molar refractivity (Wildman–Crippen MR) is 105 cm³/mol. The molecule has 0 fully saturated rings. The Kier molecular flexibility index (Phi) is 4.64. The number of benzene rings is 1. The van der Waals surface area contributed by atoms with Crippen LogP contribution in [-0.4, -0.2) is 31.6 Å². The largest absolute Gasteiger partial charge is 0.495 e. The van der Waals surface area contributed by atoms with Gasteiger partial charge >= 0.3 is 0 Å². The van der Waals surface area contributed by atoms with Crippen molar-refractivity contribution in [3.63, 3.8) is 0 Å². The molecular weight excluding hydrogens is 368 g/mol. The number of fused-ring (bicyclic) bond motifs is 2. The Morgan fingerprint density at radius 3 is 2.96 bits per heavy atom. The average molecular weight is 387 g/mol. The predicted octanol–water partition coefficient (Wildman–Crippen LogP) is 3.98. The van der Waals surface area contributed by atoms with Gasteiger partial charge in [-0.15, -0.1) is 11.3 Å². The number of imidazole rings is 1. The maximum absolute atomic E-state index is 5.99. The highest BCUT2D eigenvalue weighted by atomic mass is 32.2. The molecule has 0 amide bonds. The summed E-state index contributed by atoms with van der Waals surface area (Å²) in [6, 6.07) is 5.88. The molecule has 9 heteroatoms. The number of nitrogen functional groups attached to an aromatic ring is 1. The van der Waals surface area contributed by atoms with E-state index in [2.05, 4.69) is 26.4 Å². The summed E-state index contributed by atoms with van der Waals surface area (Å²) in [6.45, 7) is 3.00. The summed E-state index contributed by atoms with van der Waals surface area (Å²) in [4.78, 5) is 17.8. The molecule has 2 N–H and O–H groups in total. The van der Waals surface area contributed by atoms with E-state index in [0.717, 1.165) is 50.5 Å². The number of nitrogens with zero attached hydrogens (tertiary/aromatic N) is 5. The average Bonchev–Trinajstić information content (AvgIpc) is 3.21. The number of methoxy groups -OCH3 is 1. The Bertz CT molecular complexity index is 1070. The molecule has 0 saturated heterocycles. The molecule has 3 heterocycles. The summed E-state index contributed by atoms with van der Waals surface area (Å²) in [7, 11) is 1.67. The molecule has 0 aliphatic rings. The van der Waals surface area contributed by atoms with Crippen LogP contribution >= 0.6 is 23.1 Å². The van der Waals surface area contributed by atoms with Crippen molar-refractivity contribution in [1.82, 2.24) is 24.5 Å². The Labute approximate surface area is 158 Å². The van der Waals surface area contributed by atoms with Crippen molar-refractivity contribution in [2.45, 2.75) is 35.8 Å². The molecule has 7 nitrogen and oxygen atoms in total. The number of hydrogen-bond acceptors (Lipinski definition) is 8. The third kappa shape index (κ3) is 2.97. The van der Waals surface area contributed by atoms with E-state index in [1.165, 1.54) is 18.1 Å². The molecule has 0 aliphatic heterocycles. The molecule has 1 aromatic carbocycles. The van der Waals surface area contributed by atoms with Crippen LogP contribution < -0.4 is 10.5 Å². The maximum atomic E-state index is 5.99. The van der Waals surface area contributed by atoms with Crippen LogP contribution in [0.2, 0.25) is 0 Å². The number of nitrogens with two attached hydrogens (primary N) is 1. The van der Waals surface area contributed by atoms with Gasteiger partial charge < -0.3 is 15.0 Å². The standard InChI is InChI=1S/C17H18N6OS2/c1-3-4-8-23-15-12(14(18)19-9-20-15)22-16(23)26-17-21-10-6-5-7-11(24-2)13(10)25-17/h5-7,9H,3-4,8H2,1-2H3,(H2,18,19,20). The summed E-state index contributed by atoms with van der Waals surface area (Å²) < 4.78 is 9.48. The summed E-state index contributed by atoms with van der Waals surface area (Å²) in [5, 5.41) is 0.832. The molecular formula is C17H18N6OS2. The fraction of sp³-hybridized carbons (Fsp3) is 0.294. The summed E-state index contributed by atoms with van der Waals surface area (Å²) >= 11 is 3.12. The minimum atomic E-state index is 0.401. The molecule has 0 spiro atoms. The third-order valence-corrected chi connectivity index (χ3v) is 6.16. The normalized spacial score (nSPS) is 11.5. The molecule has 4 rings (SSSR count). The Morgan fingerprint density at radius 1 is 1.27 bits per heavy atom. The zero-order valence-electron chi connectivity index (χ0n) is 14.5. The van der Waals surface area contributed by atoms with Gasteiger partial charge in [-0.1, -0.05) is 19.4 Å². The number of rotatable bonds is 6. The molecule has 0 saturated carbocycles. The topological polar surface area (TPSA) is 91.7 Å². The van der Waals surface area contributed by atoms with Crippen molar-refractivity contribution < 1.29 is 4.74 Å². The Morgan fingerprint density at radius 2 is 2.15 bits per heavy atom. The number of ether oxygens (including phenoxy) is 1. The fourth-order valence-corrected chi connectivity index (χ4v) is 4.87. The van der Waals surface area contributed by atoms with E-state index < -0.39 is 0 Å². The van der Waals surface area contributed by atoms with Gasteiger partial charge in [-0.25, -0.2) is 19.9 Å². The summed E-state index contributed by atoms with van der Waals surface area (Å²) in [5.74, 6) is 1.24. The molecule has 3 aromatic heterocycles. The molecule has 0 atom stereocenters. The van der Waals surface area contributed by atoms with E-state index >= 15 is 0 Å². The van der Waals surface area contributed by atoms with E-state index in [1.54, 1.807) is 18.4 Å². The second-order valence-electron chi connectivity index (χ2n) is 5.72. The quantitative estimate of drug-likeness (QED) is 0.536. The van der Waals surface area contributed by atoms with Gasteiger partial charge in [0.2, 0.25) is 0 Å². The SMILES string of the molecule is CCCCn1c(Sc2nc3cccc(OC)c3s2)nc2c(N)ncnc21. The number of anilines is 1. The van der Waals surface area contributed by atoms with Gasteiger partial charge in [0.15, 0.2) is 26.5 Å². The monoisotopic (exact) mass is 386 g/mol. The van der Waals surface area contributed by atoms with Crippen LogP contribution in [0.1, 0.15) is 19.8 Å². The summed E-state index contributed by atoms with van der Waals surface area (Å²) in [5.41, 5.74) is 8.33. The lowest BCUT2D eigenvalue weighted by atomic mass is 10.3. The second kappa shape index (κ2) is 7.08. The first-order chi connectivity index (χ1) is 12.7. The Hall–Kier alpha value is -2.39. The van der Waals surface area contributed by atoms with Crippen LogP contribution in [0.25, 0.3) is 21.4 Å². The van der Waals surface area contributed by atoms with Crippen molar-refractivity contribution >= 4 is 50.3 Å². The first-order valence-electron chi connectivity index (χ1n) is 8.29. The highest BCUT2D eigenvalue weighted by Crippen LogP contribution is 2.39. The lowest BCUT2D eigenvalue weighted by Gasteiger charge is -2.05. The molecule has 0 unspecified atom stereocenters. The van der Waals surface area contributed by atoms with Gasteiger partial charge in [0.25, 0.3) is 0 Å². The van der Waals surface area contributed by atoms with Crippen molar-refractivity contribution in [2.24, 2.45) is 0 Å². The molecule has 26 heavy (non-hydrogen) atoms. The number of thiazole rings is 1. The van der Waals surface area contributed by atoms with Gasteiger partial charge in [0.05, 0.1) is 17.3 Å². The van der Waals surface area contributed by atoms with Gasteiger partial charge in [-0.3, -0.25) is 0 Å². The third-order valence-electron chi connectivity index (χ3n) is 4.02. The first-order valence-corrected chi connectivity index (χ1v) is 9.92. The van der Waals surface area contributed by atoms with Crippen molar-refractivity contribution in [3.05, 3.63) is 24.5 Å². The van der Waals surface area contributed by atoms with Crippen LogP contribution in [0, 0.1) is 0 Å². The fourth-order valence-electron chi connectivity index (χ4n) is 2.72. The smallest absolute Gasteiger partial charge is 0.177 e. The van der Waals surface area contributed by atoms with Crippen LogP contribution in [0.5, 0.6) is 5.75 Å². The van der Waals surface area contributed by atoms with Crippen molar-refractivity contribution in [2.75, 3.05) is 12.8 Å². The minimum Gasteiger partial charge on any atom is -0.495 e. The van der Waals surface area contributed by atoms with Crippen LogP contribution in [0.4, 0.5) is 5.82 Å². The zero-order valence-corrected chi connectivity index (χ0v) is 16.1. The lowest BCUT2D eigenvalue weighted by molar-refractivity contribution is 0.420. The van der Waals surface area contributed by atoms with E-state index in [0.29, 0.717) is 11.3 Å². The van der Waals surface area contributed by atoms with Gasteiger partial charge in [0.1, 0.15) is 12.1 Å². The number of hydrogen-bond donors (Lipinski definition) is 1. The van der Waals surface area contributed by atoms with Crippen molar-refractivity contribution in [1.29, 1.82) is 0 Å². The van der Waals surface area contributed by atoms with Gasteiger partial charge in [-0.05, 0) is 30.3 Å². The van der Waals surface area contributed by atoms with Crippen LogP contribution in [0.3, 0.4) is 0 Å². The Balaban J connectivity index is 1.78. The van der Waals surface area contributed by atoms with E-state index in [4.69, 9.17) is 15.5 Å². The maximum Gasteiger partial charge on any atom is 0.177 e. The molecule has 4 aromatic rings. The van der Waals surface area contributed by atoms with Crippen LogP contribution in [0.15, 0.2) is 34.0 Å². The number of aryl methyl sites for hydroxylation is 1. The number of aromatic nitrogens is 5. The first kappa shape index (κ1) is 17.0. The highest BCUT2D eigenvalue weighted by molar-refractivity contribution is 8.01. The lowest BCUT2D eigenvalue weighted by Crippen LogP contribution is -2.01. The van der Waals surface area contributed by atoms with E-state index in [1.807, 2.05) is 18.2 Å². The van der Waals surface area contributed by atoms with Crippen LogP contribution in [-0.2, 0) is 6.54 Å². The zero-order chi connectivity index (χ0) is 18.1. The van der Waals surface area contributed by atoms with Gasteiger partial charge in [0, 0.05) is 6.54 Å². The molecule has 0 aliphatic carbocycles. The van der Waals surface area contributed by atoms with Gasteiger partial charge in [-0.2, -0.15) is 0 Å². The number of unbranched alkanes of at least 4 members (excludes halogenated alkanes) is 1. The summed E-state index contributed by atoms with van der Waals surface area (Å²) in [6.07, 6.45) is 3.61. The second-order valence-corrected chi connectivity index (χ2v) is 7.93. The highest BCUT2D eigenvalue weighted by Gasteiger charge is 2.18. The molecule has 134 valence electrons. The molecule has 0 bridgehead atoms. The molecule has 0 radical (unpaired) electrons. The minimum absolute atomic E-state index is 0.401. The van der Waals surface area contributed by atoms with Crippen molar-refractivity contribution in [3.8, 4) is 5.75 Å².